The van der Waals surface area contributed by atoms with Gasteiger partial charge in [0.15, 0.2) is 0 Å². The molecule has 1 unspecified atom stereocenters. The van der Waals surface area contributed by atoms with E-state index in [1.807, 2.05) is 0 Å². The highest BCUT2D eigenvalue weighted by Gasteiger charge is 2.37. The minimum Gasteiger partial charge on any atom is -0.361 e. The molecule has 0 aromatic heterocycles. The van der Waals surface area contributed by atoms with Crippen LogP contribution in [-0.2, 0) is 4.79 Å². The number of carbonyl (C=O) groups excluding carboxylic acids is 1. The SMILES string of the molecule is CC(C)(C)N1CCCC1C(=O)C=[N+]=[N-]. The fourth-order valence-electron chi connectivity index (χ4n) is 2.01. The highest BCUT2D eigenvalue weighted by Crippen LogP contribution is 2.26. The van der Waals surface area contributed by atoms with E-state index in [0.717, 1.165) is 25.6 Å². The van der Waals surface area contributed by atoms with Crippen LogP contribution in [0.25, 0.3) is 5.53 Å². The molecule has 4 heteroatoms. The van der Waals surface area contributed by atoms with E-state index >= 15 is 0 Å². The second-order valence-electron chi connectivity index (χ2n) is 4.67. The van der Waals surface area contributed by atoms with Gasteiger partial charge in [0.1, 0.15) is 0 Å². The Bertz CT molecular complexity index is 274. The highest BCUT2D eigenvalue weighted by molar-refractivity contribution is 6.27. The molecule has 1 rings (SSSR count). The molecular weight excluding hydrogens is 178 g/mol. The van der Waals surface area contributed by atoms with E-state index in [1.54, 1.807) is 0 Å². The van der Waals surface area contributed by atoms with Crippen molar-refractivity contribution in [3.63, 3.8) is 0 Å². The van der Waals surface area contributed by atoms with Gasteiger partial charge in [-0.2, -0.15) is 4.79 Å². The van der Waals surface area contributed by atoms with E-state index in [2.05, 4.69) is 30.5 Å². The Kier molecular flexibility index (Phi) is 3.19. The van der Waals surface area contributed by atoms with E-state index in [9.17, 15) is 4.79 Å². The Hall–Kier alpha value is -0.990. The topological polar surface area (TPSA) is 56.7 Å². The predicted octanol–water partition coefficient (Wildman–Crippen LogP) is 1.12. The summed E-state index contributed by atoms with van der Waals surface area (Å²) in [6, 6.07) is -0.106. The van der Waals surface area contributed by atoms with Gasteiger partial charge in [-0.05, 0) is 40.2 Å². The molecule has 0 aliphatic carbocycles. The number of rotatable bonds is 2. The molecule has 1 aliphatic heterocycles. The summed E-state index contributed by atoms with van der Waals surface area (Å²) in [5.74, 6) is -0.0973. The standard InChI is InChI=1S/C10H17N3O/c1-10(2,3)13-6-4-5-8(13)9(14)7-12-11/h7-8H,4-6H2,1-3H3. The average Bonchev–Trinajstić information content (AvgIpc) is 2.50. The lowest BCUT2D eigenvalue weighted by atomic mass is 10.0. The molecule has 0 N–H and O–H groups in total. The summed E-state index contributed by atoms with van der Waals surface area (Å²) in [5.41, 5.74) is 8.32. The average molecular weight is 195 g/mol. The third kappa shape index (κ3) is 2.28. The molecule has 0 amide bonds. The van der Waals surface area contributed by atoms with Crippen LogP contribution < -0.4 is 0 Å². The first kappa shape index (κ1) is 11.1. The summed E-state index contributed by atoms with van der Waals surface area (Å²) < 4.78 is 0. The summed E-state index contributed by atoms with van der Waals surface area (Å²) >= 11 is 0. The van der Waals surface area contributed by atoms with E-state index in [-0.39, 0.29) is 17.4 Å². The summed E-state index contributed by atoms with van der Waals surface area (Å²) in [5, 5.41) is 0. The molecule has 0 bridgehead atoms. The minimum absolute atomic E-state index is 0.000121. The third-order valence-corrected chi connectivity index (χ3v) is 2.63. The zero-order chi connectivity index (χ0) is 10.8. The predicted molar refractivity (Wildman–Crippen MR) is 54.2 cm³/mol. The molecule has 0 radical (unpaired) electrons. The van der Waals surface area contributed by atoms with Crippen molar-refractivity contribution in [3.8, 4) is 0 Å². The zero-order valence-electron chi connectivity index (χ0n) is 9.03. The molecular formula is C10H17N3O. The van der Waals surface area contributed by atoms with Crippen LogP contribution in [0.4, 0.5) is 0 Å². The minimum atomic E-state index is -0.106. The van der Waals surface area contributed by atoms with Crippen LogP contribution in [0.5, 0.6) is 0 Å². The van der Waals surface area contributed by atoms with Gasteiger partial charge in [-0.1, -0.05) is 0 Å². The number of ketones is 1. The number of likely N-dealkylation sites (tertiary alicyclic amines) is 1. The molecule has 0 spiro atoms. The molecule has 1 heterocycles. The lowest BCUT2D eigenvalue weighted by Gasteiger charge is -2.35. The molecule has 0 aromatic rings. The van der Waals surface area contributed by atoms with Crippen LogP contribution in [0, 0.1) is 0 Å². The van der Waals surface area contributed by atoms with Gasteiger partial charge in [0.05, 0.1) is 6.04 Å². The first-order valence-corrected chi connectivity index (χ1v) is 4.95. The van der Waals surface area contributed by atoms with E-state index < -0.39 is 0 Å². The van der Waals surface area contributed by atoms with Crippen molar-refractivity contribution >= 4 is 12.0 Å². The van der Waals surface area contributed by atoms with Gasteiger partial charge in [-0.3, -0.25) is 9.69 Å². The molecule has 1 atom stereocenters. The maximum absolute atomic E-state index is 11.6. The number of nitrogens with zero attached hydrogens (tertiary/aromatic N) is 3. The molecule has 0 saturated carbocycles. The first-order valence-electron chi connectivity index (χ1n) is 4.95. The van der Waals surface area contributed by atoms with Crippen LogP contribution in [0.2, 0.25) is 0 Å². The Morgan fingerprint density at radius 1 is 1.57 bits per heavy atom. The van der Waals surface area contributed by atoms with E-state index in [4.69, 9.17) is 5.53 Å². The largest absolute Gasteiger partial charge is 0.361 e. The summed E-state index contributed by atoms with van der Waals surface area (Å²) in [7, 11) is 0. The maximum Gasteiger partial charge on any atom is 0.324 e. The van der Waals surface area contributed by atoms with Gasteiger partial charge >= 0.3 is 6.21 Å². The summed E-state index contributed by atoms with van der Waals surface area (Å²) in [6.45, 7) is 7.22. The second kappa shape index (κ2) is 4.03. The van der Waals surface area contributed by atoms with Gasteiger partial charge in [0.2, 0.25) is 0 Å². The second-order valence-corrected chi connectivity index (χ2v) is 4.67. The molecule has 1 aliphatic rings. The maximum atomic E-state index is 11.6. The van der Waals surface area contributed by atoms with Crippen LogP contribution >= 0.6 is 0 Å². The van der Waals surface area contributed by atoms with E-state index in [1.165, 1.54) is 0 Å². The van der Waals surface area contributed by atoms with Crippen LogP contribution in [0.3, 0.4) is 0 Å². The fraction of sp³-hybridized carbons (Fsp3) is 0.800. The summed E-state index contributed by atoms with van der Waals surface area (Å²) in [4.78, 5) is 16.5. The van der Waals surface area contributed by atoms with Crippen molar-refractivity contribution in [2.24, 2.45) is 0 Å². The normalized spacial score (nSPS) is 23.2. The number of carbonyl (C=O) groups is 1. The quantitative estimate of drug-likeness (QED) is 0.376. The van der Waals surface area contributed by atoms with Crippen LogP contribution in [-0.4, -0.2) is 39.8 Å². The Labute approximate surface area is 84.5 Å². The Morgan fingerprint density at radius 2 is 2.21 bits per heavy atom. The number of Topliss-reactive ketones (excluding diaryl/α,β-unsaturated/α-hetero) is 1. The molecule has 14 heavy (non-hydrogen) atoms. The number of hydrogen-bond donors (Lipinski definition) is 0. The molecule has 1 saturated heterocycles. The Balaban J connectivity index is 2.78. The van der Waals surface area contributed by atoms with Crippen molar-refractivity contribution in [1.82, 2.24) is 4.90 Å². The van der Waals surface area contributed by atoms with Crippen LogP contribution in [0.1, 0.15) is 33.6 Å². The first-order chi connectivity index (χ1) is 6.46. The van der Waals surface area contributed by atoms with Gasteiger partial charge in [-0.15, -0.1) is 0 Å². The summed E-state index contributed by atoms with van der Waals surface area (Å²) in [6.07, 6.45) is 2.91. The van der Waals surface area contributed by atoms with Crippen molar-refractivity contribution in [1.29, 1.82) is 0 Å². The molecule has 78 valence electrons. The fourth-order valence-corrected chi connectivity index (χ4v) is 2.01. The monoisotopic (exact) mass is 195 g/mol. The van der Waals surface area contributed by atoms with Gasteiger partial charge in [0, 0.05) is 5.54 Å². The molecule has 4 nitrogen and oxygen atoms in total. The third-order valence-electron chi connectivity index (χ3n) is 2.63. The van der Waals surface area contributed by atoms with Crippen LogP contribution in [0.15, 0.2) is 0 Å². The van der Waals surface area contributed by atoms with Crippen molar-refractivity contribution in [2.75, 3.05) is 6.54 Å². The molecule has 0 aromatic carbocycles. The van der Waals surface area contributed by atoms with Crippen molar-refractivity contribution in [2.45, 2.75) is 45.2 Å². The smallest absolute Gasteiger partial charge is 0.324 e. The lowest BCUT2D eigenvalue weighted by Crippen LogP contribution is -2.48. The van der Waals surface area contributed by atoms with Gasteiger partial charge in [-0.25, -0.2) is 0 Å². The van der Waals surface area contributed by atoms with Gasteiger partial charge in [0.25, 0.3) is 5.78 Å². The van der Waals surface area contributed by atoms with E-state index in [0.29, 0.717) is 0 Å². The zero-order valence-corrected chi connectivity index (χ0v) is 9.03. The Morgan fingerprint density at radius 3 is 2.71 bits per heavy atom. The highest BCUT2D eigenvalue weighted by atomic mass is 16.1. The molecule has 1 fully saturated rings. The van der Waals surface area contributed by atoms with Gasteiger partial charge < -0.3 is 5.53 Å². The van der Waals surface area contributed by atoms with Crippen molar-refractivity contribution in [3.05, 3.63) is 5.53 Å². The lowest BCUT2D eigenvalue weighted by molar-refractivity contribution is -0.121. The number of hydrogen-bond acceptors (Lipinski definition) is 2. The van der Waals surface area contributed by atoms with Crippen molar-refractivity contribution < 1.29 is 9.58 Å².